The first-order chi connectivity index (χ1) is 12.4. The third-order valence-electron chi connectivity index (χ3n) is 3.62. The summed E-state index contributed by atoms with van der Waals surface area (Å²) in [5.41, 5.74) is 0.656. The van der Waals surface area contributed by atoms with E-state index in [1.807, 2.05) is 6.07 Å². The number of nitrogens with zero attached hydrogens (tertiary/aromatic N) is 1. The minimum absolute atomic E-state index is 0.0632. The predicted octanol–water partition coefficient (Wildman–Crippen LogP) is 1.78. The van der Waals surface area contributed by atoms with Crippen LogP contribution in [-0.2, 0) is 9.84 Å². The maximum absolute atomic E-state index is 12.4. The molecule has 2 aromatic rings. The predicted molar refractivity (Wildman–Crippen MR) is 95.1 cm³/mol. The van der Waals surface area contributed by atoms with Crippen LogP contribution in [0.4, 0.5) is 0 Å². The summed E-state index contributed by atoms with van der Waals surface area (Å²) in [4.78, 5) is 12.1. The van der Waals surface area contributed by atoms with Crippen LogP contribution in [0.2, 0.25) is 0 Å². The quantitative estimate of drug-likeness (QED) is 0.792. The van der Waals surface area contributed by atoms with Crippen molar-refractivity contribution < 1.29 is 22.7 Å². The third kappa shape index (κ3) is 4.52. The first-order valence-corrected chi connectivity index (χ1v) is 9.29. The monoisotopic (exact) mass is 374 g/mol. The Bertz CT molecular complexity index is 948. The van der Waals surface area contributed by atoms with Gasteiger partial charge in [-0.2, -0.15) is 5.26 Å². The van der Waals surface area contributed by atoms with E-state index >= 15 is 0 Å². The molecule has 0 spiro atoms. The standard InChI is InChI=1S/C18H18N2O5S/c1-24-16-7-6-15(11-17(16)25-2)26(22,23)9-8-20-18(21)14-5-3-4-13(10-14)12-19/h3-7,10-11H,8-9H2,1-2H3,(H,20,21). The highest BCUT2D eigenvalue weighted by Gasteiger charge is 2.18. The van der Waals surface area contributed by atoms with Crippen LogP contribution in [0.5, 0.6) is 11.5 Å². The Hall–Kier alpha value is -3.05. The average Bonchev–Trinajstić information content (AvgIpc) is 2.67. The smallest absolute Gasteiger partial charge is 0.251 e. The zero-order valence-corrected chi connectivity index (χ0v) is 15.2. The van der Waals surface area contributed by atoms with Crippen molar-refractivity contribution in [3.8, 4) is 17.6 Å². The minimum Gasteiger partial charge on any atom is -0.493 e. The van der Waals surface area contributed by atoms with Gasteiger partial charge in [-0.25, -0.2) is 8.42 Å². The second-order valence-corrected chi connectivity index (χ2v) is 7.39. The van der Waals surface area contributed by atoms with Crippen molar-refractivity contribution in [2.24, 2.45) is 0 Å². The van der Waals surface area contributed by atoms with Crippen molar-refractivity contribution in [1.29, 1.82) is 5.26 Å². The molecule has 0 heterocycles. The number of nitrogens with one attached hydrogen (secondary N) is 1. The molecular formula is C18H18N2O5S. The molecule has 0 aromatic heterocycles. The maximum atomic E-state index is 12.4. The highest BCUT2D eigenvalue weighted by molar-refractivity contribution is 7.91. The molecule has 26 heavy (non-hydrogen) atoms. The molecule has 0 unspecified atom stereocenters. The fraction of sp³-hybridized carbons (Fsp3) is 0.222. The summed E-state index contributed by atoms with van der Waals surface area (Å²) in [6, 6.07) is 12.4. The number of carbonyl (C=O) groups excluding carboxylic acids is 1. The molecule has 0 saturated carbocycles. The number of hydrogen-bond acceptors (Lipinski definition) is 6. The summed E-state index contributed by atoms with van der Waals surface area (Å²) in [6.07, 6.45) is 0. The van der Waals surface area contributed by atoms with Gasteiger partial charge in [-0.1, -0.05) is 6.07 Å². The van der Waals surface area contributed by atoms with Crippen LogP contribution >= 0.6 is 0 Å². The summed E-state index contributed by atoms with van der Waals surface area (Å²) in [6.45, 7) is -0.0632. The summed E-state index contributed by atoms with van der Waals surface area (Å²) in [7, 11) is -0.730. The van der Waals surface area contributed by atoms with Gasteiger partial charge in [0.05, 0.1) is 36.5 Å². The van der Waals surface area contributed by atoms with E-state index < -0.39 is 15.7 Å². The lowest BCUT2D eigenvalue weighted by Gasteiger charge is -2.10. The summed E-state index contributed by atoms with van der Waals surface area (Å²) in [5, 5.41) is 11.4. The number of benzene rings is 2. The van der Waals surface area contributed by atoms with Crippen LogP contribution in [0.3, 0.4) is 0 Å². The molecule has 0 aliphatic rings. The summed E-state index contributed by atoms with van der Waals surface area (Å²) < 4.78 is 35.0. The van der Waals surface area contributed by atoms with Crippen LogP contribution < -0.4 is 14.8 Å². The van der Waals surface area contributed by atoms with Crippen molar-refractivity contribution in [1.82, 2.24) is 5.32 Å². The van der Waals surface area contributed by atoms with Crippen LogP contribution in [0.15, 0.2) is 47.4 Å². The normalized spacial score (nSPS) is 10.7. The molecule has 8 heteroatoms. The van der Waals surface area contributed by atoms with E-state index in [0.29, 0.717) is 22.6 Å². The van der Waals surface area contributed by atoms with Crippen molar-refractivity contribution in [2.45, 2.75) is 4.90 Å². The van der Waals surface area contributed by atoms with Gasteiger partial charge in [0.25, 0.3) is 5.91 Å². The van der Waals surface area contributed by atoms with Gasteiger partial charge in [-0.15, -0.1) is 0 Å². The van der Waals surface area contributed by atoms with E-state index in [1.165, 1.54) is 38.5 Å². The molecule has 0 atom stereocenters. The number of hydrogen-bond donors (Lipinski definition) is 1. The van der Waals surface area contributed by atoms with Crippen molar-refractivity contribution in [3.05, 3.63) is 53.6 Å². The molecule has 1 N–H and O–H groups in total. The molecule has 1 amide bonds. The lowest BCUT2D eigenvalue weighted by Crippen LogP contribution is -2.29. The zero-order chi connectivity index (χ0) is 19.2. The summed E-state index contributed by atoms with van der Waals surface area (Å²) in [5.74, 6) is 0.0271. The van der Waals surface area contributed by atoms with E-state index in [0.717, 1.165) is 0 Å². The van der Waals surface area contributed by atoms with Gasteiger partial charge < -0.3 is 14.8 Å². The van der Waals surface area contributed by atoms with E-state index in [9.17, 15) is 13.2 Å². The third-order valence-corrected chi connectivity index (χ3v) is 5.34. The van der Waals surface area contributed by atoms with Crippen LogP contribution in [0.25, 0.3) is 0 Å². The number of amides is 1. The highest BCUT2D eigenvalue weighted by Crippen LogP contribution is 2.29. The molecule has 0 bridgehead atoms. The molecule has 2 aromatic carbocycles. The van der Waals surface area contributed by atoms with Gasteiger partial charge in [0.2, 0.25) is 0 Å². The Morgan fingerprint density at radius 2 is 1.85 bits per heavy atom. The second kappa shape index (κ2) is 8.36. The summed E-state index contributed by atoms with van der Waals surface area (Å²) >= 11 is 0. The van der Waals surface area contributed by atoms with Crippen LogP contribution in [0, 0.1) is 11.3 Å². The number of carbonyl (C=O) groups is 1. The van der Waals surface area contributed by atoms with Gasteiger partial charge in [0, 0.05) is 18.2 Å². The molecule has 0 aliphatic carbocycles. The number of methoxy groups -OCH3 is 2. The van der Waals surface area contributed by atoms with Crippen LogP contribution in [-0.4, -0.2) is 40.8 Å². The maximum Gasteiger partial charge on any atom is 0.251 e. The molecule has 0 fully saturated rings. The fourth-order valence-electron chi connectivity index (χ4n) is 2.26. The minimum atomic E-state index is -3.61. The Kier molecular flexibility index (Phi) is 6.20. The van der Waals surface area contributed by atoms with Gasteiger partial charge in [0.1, 0.15) is 0 Å². The molecule has 0 aliphatic heterocycles. The fourth-order valence-corrected chi connectivity index (χ4v) is 3.43. The Labute approximate surface area is 152 Å². The molecule has 0 saturated heterocycles. The first kappa shape index (κ1) is 19.3. The number of ether oxygens (including phenoxy) is 2. The first-order valence-electron chi connectivity index (χ1n) is 7.64. The average molecular weight is 374 g/mol. The van der Waals surface area contributed by atoms with Gasteiger partial charge in [-0.05, 0) is 30.3 Å². The van der Waals surface area contributed by atoms with E-state index in [1.54, 1.807) is 18.2 Å². The number of nitriles is 1. The van der Waals surface area contributed by atoms with Gasteiger partial charge in [-0.3, -0.25) is 4.79 Å². The van der Waals surface area contributed by atoms with Crippen molar-refractivity contribution in [2.75, 3.05) is 26.5 Å². The molecular weight excluding hydrogens is 356 g/mol. The molecule has 2 rings (SSSR count). The van der Waals surface area contributed by atoms with Crippen molar-refractivity contribution in [3.63, 3.8) is 0 Å². The van der Waals surface area contributed by atoms with E-state index in [4.69, 9.17) is 14.7 Å². The largest absolute Gasteiger partial charge is 0.493 e. The van der Waals surface area contributed by atoms with E-state index in [2.05, 4.69) is 5.32 Å². The van der Waals surface area contributed by atoms with Crippen LogP contribution in [0.1, 0.15) is 15.9 Å². The molecule has 7 nitrogen and oxygen atoms in total. The lowest BCUT2D eigenvalue weighted by molar-refractivity contribution is 0.0956. The highest BCUT2D eigenvalue weighted by atomic mass is 32.2. The lowest BCUT2D eigenvalue weighted by atomic mass is 10.1. The second-order valence-electron chi connectivity index (χ2n) is 5.28. The van der Waals surface area contributed by atoms with E-state index in [-0.39, 0.29) is 17.2 Å². The Morgan fingerprint density at radius 1 is 1.12 bits per heavy atom. The van der Waals surface area contributed by atoms with Gasteiger partial charge in [0.15, 0.2) is 21.3 Å². The molecule has 0 radical (unpaired) electrons. The molecule has 136 valence electrons. The Morgan fingerprint density at radius 3 is 2.50 bits per heavy atom. The SMILES string of the molecule is COc1ccc(S(=O)(=O)CCNC(=O)c2cccc(C#N)c2)cc1OC. The zero-order valence-electron chi connectivity index (χ0n) is 14.4. The topological polar surface area (TPSA) is 105 Å². The number of rotatable bonds is 7. The number of sulfone groups is 1. The van der Waals surface area contributed by atoms with Crippen molar-refractivity contribution >= 4 is 15.7 Å². The Balaban J connectivity index is 2.04. The van der Waals surface area contributed by atoms with Gasteiger partial charge >= 0.3 is 0 Å².